The lowest BCUT2D eigenvalue weighted by Crippen LogP contribution is -2.28. The topological polar surface area (TPSA) is 67.4 Å². The molecule has 2 N–H and O–H groups in total. The Hall–Kier alpha value is -1.59. The van der Waals surface area contributed by atoms with Crippen molar-refractivity contribution in [3.63, 3.8) is 0 Å². The fourth-order valence-electron chi connectivity index (χ4n) is 1.82. The monoisotopic (exact) mass is 324 g/mol. The normalized spacial score (nSPS) is 15.2. The summed E-state index contributed by atoms with van der Waals surface area (Å²) >= 11 is 6.08. The maximum absolute atomic E-state index is 12.1. The van der Waals surface area contributed by atoms with Gasteiger partial charge in [0.25, 0.3) is 5.91 Å². The van der Waals surface area contributed by atoms with Crippen molar-refractivity contribution in [2.24, 2.45) is 5.92 Å². The molecule has 2 rings (SSSR count). The summed E-state index contributed by atoms with van der Waals surface area (Å²) in [6.07, 6.45) is 2.21. The largest absolute Gasteiger partial charge is 0.368 e. The van der Waals surface area contributed by atoms with E-state index in [1.165, 1.54) is 12.8 Å². The SMILES string of the molecule is CCC(=O)Nc1ccc(Cl)c(NC(=O)C(C)OCC2CC2)c1. The minimum absolute atomic E-state index is 0.0965. The molecule has 0 radical (unpaired) electrons. The Morgan fingerprint density at radius 1 is 1.36 bits per heavy atom. The fourth-order valence-corrected chi connectivity index (χ4v) is 1.99. The molecule has 6 heteroatoms. The highest BCUT2D eigenvalue weighted by atomic mass is 35.5. The minimum atomic E-state index is -0.537. The Bertz CT molecular complexity index is 558. The molecule has 0 aliphatic heterocycles. The van der Waals surface area contributed by atoms with Gasteiger partial charge in [-0.15, -0.1) is 0 Å². The third-order valence-electron chi connectivity index (χ3n) is 3.48. The number of benzene rings is 1. The van der Waals surface area contributed by atoms with E-state index in [4.69, 9.17) is 16.3 Å². The molecule has 1 unspecified atom stereocenters. The molecule has 0 heterocycles. The Morgan fingerprint density at radius 3 is 2.73 bits per heavy atom. The van der Waals surface area contributed by atoms with E-state index >= 15 is 0 Å². The van der Waals surface area contributed by atoms with Crippen molar-refractivity contribution in [1.29, 1.82) is 0 Å². The van der Waals surface area contributed by atoms with Crippen LogP contribution < -0.4 is 10.6 Å². The first kappa shape index (κ1) is 16.8. The van der Waals surface area contributed by atoms with Gasteiger partial charge in [-0.25, -0.2) is 0 Å². The first-order valence-corrected chi connectivity index (χ1v) is 7.89. The van der Waals surface area contributed by atoms with Crippen molar-refractivity contribution in [1.82, 2.24) is 0 Å². The number of anilines is 2. The van der Waals surface area contributed by atoms with Crippen LogP contribution in [0.4, 0.5) is 11.4 Å². The molecule has 1 aliphatic rings. The molecule has 22 heavy (non-hydrogen) atoms. The third-order valence-corrected chi connectivity index (χ3v) is 3.81. The average Bonchev–Trinajstić information content (AvgIpc) is 3.32. The van der Waals surface area contributed by atoms with Crippen molar-refractivity contribution >= 4 is 34.8 Å². The Labute approximate surface area is 135 Å². The second-order valence-corrected chi connectivity index (χ2v) is 5.91. The van der Waals surface area contributed by atoms with Gasteiger partial charge in [-0.2, -0.15) is 0 Å². The highest BCUT2D eigenvalue weighted by molar-refractivity contribution is 6.33. The Kier molecular flexibility index (Phi) is 5.80. The van der Waals surface area contributed by atoms with Gasteiger partial charge in [0, 0.05) is 12.1 Å². The molecule has 1 fully saturated rings. The number of amides is 2. The molecular formula is C16H21ClN2O3. The Morgan fingerprint density at radius 2 is 2.09 bits per heavy atom. The fraction of sp³-hybridized carbons (Fsp3) is 0.500. The summed E-state index contributed by atoms with van der Waals surface area (Å²) in [5.41, 5.74) is 1.06. The highest BCUT2D eigenvalue weighted by Crippen LogP contribution is 2.29. The molecule has 0 spiro atoms. The number of nitrogens with one attached hydrogen (secondary N) is 2. The summed E-state index contributed by atoms with van der Waals surface area (Å²) in [6, 6.07) is 4.97. The lowest BCUT2D eigenvalue weighted by Gasteiger charge is -2.15. The van der Waals surface area contributed by atoms with E-state index in [9.17, 15) is 9.59 Å². The van der Waals surface area contributed by atoms with Gasteiger partial charge in [0.1, 0.15) is 6.10 Å². The summed E-state index contributed by atoms with van der Waals surface area (Å²) < 4.78 is 5.53. The van der Waals surface area contributed by atoms with Gasteiger partial charge >= 0.3 is 0 Å². The molecule has 1 aromatic carbocycles. The maximum Gasteiger partial charge on any atom is 0.253 e. The van der Waals surface area contributed by atoms with Crippen molar-refractivity contribution in [3.05, 3.63) is 23.2 Å². The number of carbonyl (C=O) groups is 2. The predicted octanol–water partition coefficient (Wildman–Crippen LogP) is 3.44. The van der Waals surface area contributed by atoms with Crippen LogP contribution in [-0.4, -0.2) is 24.5 Å². The van der Waals surface area contributed by atoms with Gasteiger partial charge in [0.15, 0.2) is 0 Å². The van der Waals surface area contributed by atoms with Crippen LogP contribution in [0.2, 0.25) is 5.02 Å². The van der Waals surface area contributed by atoms with Crippen LogP contribution in [0.5, 0.6) is 0 Å². The first-order chi connectivity index (χ1) is 10.5. The molecular weight excluding hydrogens is 304 g/mol. The van der Waals surface area contributed by atoms with Gasteiger partial charge < -0.3 is 15.4 Å². The van der Waals surface area contributed by atoms with Crippen molar-refractivity contribution < 1.29 is 14.3 Å². The van der Waals surface area contributed by atoms with E-state index in [2.05, 4.69) is 10.6 Å². The number of rotatable bonds is 7. The van der Waals surface area contributed by atoms with Crippen molar-refractivity contribution in [3.8, 4) is 0 Å². The van der Waals surface area contributed by atoms with Crippen LogP contribution in [0, 0.1) is 5.92 Å². The van der Waals surface area contributed by atoms with Crippen molar-refractivity contribution in [2.75, 3.05) is 17.2 Å². The maximum atomic E-state index is 12.1. The Balaban J connectivity index is 1.95. The molecule has 1 atom stereocenters. The number of hydrogen-bond donors (Lipinski definition) is 2. The zero-order chi connectivity index (χ0) is 16.1. The van der Waals surface area contributed by atoms with E-state index in [1.54, 1.807) is 32.0 Å². The van der Waals surface area contributed by atoms with Gasteiger partial charge in [0.2, 0.25) is 5.91 Å². The number of ether oxygens (including phenoxy) is 1. The zero-order valence-corrected chi connectivity index (χ0v) is 13.6. The van der Waals surface area contributed by atoms with Crippen LogP contribution in [0.15, 0.2) is 18.2 Å². The van der Waals surface area contributed by atoms with Crippen LogP contribution in [0.1, 0.15) is 33.1 Å². The van der Waals surface area contributed by atoms with E-state index in [1.807, 2.05) is 0 Å². The van der Waals surface area contributed by atoms with E-state index in [-0.39, 0.29) is 11.8 Å². The smallest absolute Gasteiger partial charge is 0.253 e. The summed E-state index contributed by atoms with van der Waals surface area (Å²) in [5, 5.41) is 5.88. The molecule has 1 aromatic rings. The molecule has 0 aromatic heterocycles. The first-order valence-electron chi connectivity index (χ1n) is 7.51. The second kappa shape index (κ2) is 7.61. The van der Waals surface area contributed by atoms with Crippen LogP contribution >= 0.6 is 11.6 Å². The standard InChI is InChI=1S/C16H21ClN2O3/c1-3-15(20)18-12-6-7-13(17)14(8-12)19-16(21)10(2)22-9-11-4-5-11/h6-8,10-11H,3-5,9H2,1-2H3,(H,18,20)(H,19,21). The van der Waals surface area contributed by atoms with E-state index in [0.29, 0.717) is 35.3 Å². The predicted molar refractivity (Wildman–Crippen MR) is 87.1 cm³/mol. The van der Waals surface area contributed by atoms with Gasteiger partial charge in [0.05, 0.1) is 17.3 Å². The molecule has 1 aliphatic carbocycles. The third kappa shape index (κ3) is 5.00. The van der Waals surface area contributed by atoms with E-state index < -0.39 is 6.10 Å². The van der Waals surface area contributed by atoms with Gasteiger partial charge in [-0.1, -0.05) is 18.5 Å². The summed E-state index contributed by atoms with van der Waals surface area (Å²) in [4.78, 5) is 23.5. The summed E-state index contributed by atoms with van der Waals surface area (Å²) in [6.45, 7) is 4.11. The lowest BCUT2D eigenvalue weighted by atomic mass is 10.2. The summed E-state index contributed by atoms with van der Waals surface area (Å²) in [5.74, 6) is 0.258. The second-order valence-electron chi connectivity index (χ2n) is 5.50. The van der Waals surface area contributed by atoms with Crippen LogP contribution in [-0.2, 0) is 14.3 Å². The highest BCUT2D eigenvalue weighted by Gasteiger charge is 2.24. The van der Waals surface area contributed by atoms with E-state index in [0.717, 1.165) is 0 Å². The molecule has 2 amide bonds. The summed E-state index contributed by atoms with van der Waals surface area (Å²) in [7, 11) is 0. The molecule has 120 valence electrons. The van der Waals surface area contributed by atoms with Gasteiger partial charge in [-0.3, -0.25) is 9.59 Å². The quantitative estimate of drug-likeness (QED) is 0.807. The molecule has 0 bridgehead atoms. The molecule has 1 saturated carbocycles. The number of hydrogen-bond acceptors (Lipinski definition) is 3. The van der Waals surface area contributed by atoms with Crippen LogP contribution in [0.3, 0.4) is 0 Å². The average molecular weight is 325 g/mol. The van der Waals surface area contributed by atoms with Crippen LogP contribution in [0.25, 0.3) is 0 Å². The van der Waals surface area contributed by atoms with Crippen molar-refractivity contribution in [2.45, 2.75) is 39.2 Å². The zero-order valence-electron chi connectivity index (χ0n) is 12.8. The molecule has 0 saturated heterocycles. The number of halogens is 1. The van der Waals surface area contributed by atoms with Gasteiger partial charge in [-0.05, 0) is 43.9 Å². The lowest BCUT2D eigenvalue weighted by molar-refractivity contribution is -0.126. The minimum Gasteiger partial charge on any atom is -0.368 e. The number of carbonyl (C=O) groups excluding carboxylic acids is 2. The molecule has 5 nitrogen and oxygen atoms in total.